The summed E-state index contributed by atoms with van der Waals surface area (Å²) in [5.74, 6) is 0. The Morgan fingerprint density at radius 2 is 1.68 bits per heavy atom. The van der Waals surface area contributed by atoms with Crippen LogP contribution in [0.25, 0.3) is 0 Å². The van der Waals surface area contributed by atoms with Crippen molar-refractivity contribution >= 4 is 6.09 Å². The quantitative estimate of drug-likeness (QED) is 0.804. The number of carbonyl (C=O) groups excluding carboxylic acids is 1. The van der Waals surface area contributed by atoms with Gasteiger partial charge in [-0.15, -0.1) is 0 Å². The van der Waals surface area contributed by atoms with Gasteiger partial charge >= 0.3 is 6.09 Å². The lowest BCUT2D eigenvalue weighted by molar-refractivity contribution is -0.122. The predicted octanol–water partition coefficient (Wildman–Crippen LogP) is 1.77. The van der Waals surface area contributed by atoms with Gasteiger partial charge in [-0.3, -0.25) is 0 Å². The van der Waals surface area contributed by atoms with Gasteiger partial charge in [0.05, 0.1) is 12.2 Å². The molecule has 5 heteroatoms. The number of hydrogen-bond acceptors (Lipinski definition) is 4. The van der Waals surface area contributed by atoms with Gasteiger partial charge in [0, 0.05) is 18.5 Å². The molecule has 1 aliphatic rings. The zero-order chi connectivity index (χ0) is 14.9. The smallest absolute Gasteiger partial charge is 0.410 e. The molecule has 0 aromatic carbocycles. The van der Waals surface area contributed by atoms with Crippen molar-refractivity contribution in [3.63, 3.8) is 0 Å². The molecule has 112 valence electrons. The summed E-state index contributed by atoms with van der Waals surface area (Å²) < 4.78 is 5.31. The van der Waals surface area contributed by atoms with Crippen LogP contribution in [-0.4, -0.2) is 52.1 Å². The fourth-order valence-corrected chi connectivity index (χ4v) is 2.21. The van der Waals surface area contributed by atoms with Crippen LogP contribution in [0.5, 0.6) is 0 Å². The van der Waals surface area contributed by atoms with Gasteiger partial charge in [-0.2, -0.15) is 0 Å². The zero-order valence-electron chi connectivity index (χ0n) is 12.7. The Balaban J connectivity index is 2.60. The van der Waals surface area contributed by atoms with Gasteiger partial charge < -0.3 is 19.8 Å². The Labute approximate surface area is 115 Å². The van der Waals surface area contributed by atoms with E-state index in [2.05, 4.69) is 0 Å². The molecule has 0 aromatic heterocycles. The summed E-state index contributed by atoms with van der Waals surface area (Å²) >= 11 is 0. The molecule has 0 unspecified atom stereocenters. The van der Waals surface area contributed by atoms with Gasteiger partial charge in [-0.05, 0) is 33.6 Å². The van der Waals surface area contributed by atoms with E-state index < -0.39 is 16.6 Å². The van der Waals surface area contributed by atoms with Crippen molar-refractivity contribution in [3.8, 4) is 0 Å². The highest BCUT2D eigenvalue weighted by Crippen LogP contribution is 2.38. The van der Waals surface area contributed by atoms with Gasteiger partial charge in [0.15, 0.2) is 0 Å². The lowest BCUT2D eigenvalue weighted by atomic mass is 9.70. The number of carbonyl (C=O) groups is 1. The van der Waals surface area contributed by atoms with Crippen LogP contribution in [0.2, 0.25) is 0 Å². The lowest BCUT2D eigenvalue weighted by Crippen LogP contribution is -2.55. The number of aliphatic hydroxyl groups excluding tert-OH is 1. The number of amides is 1. The maximum Gasteiger partial charge on any atom is 0.410 e. The molecular formula is C14H27NO4. The molecule has 0 saturated carbocycles. The van der Waals surface area contributed by atoms with Crippen molar-refractivity contribution in [3.05, 3.63) is 0 Å². The van der Waals surface area contributed by atoms with Gasteiger partial charge in [-0.1, -0.05) is 13.8 Å². The number of rotatable bonds is 2. The Morgan fingerprint density at radius 1 is 1.21 bits per heavy atom. The van der Waals surface area contributed by atoms with E-state index in [1.54, 1.807) is 4.90 Å². The average Bonchev–Trinajstić information content (AvgIpc) is 2.27. The molecule has 1 heterocycles. The SMILES string of the molecule is CC(C)(C)OC(=O)N1CCC(O)(C(C)(C)CO)CC1. The minimum absolute atomic E-state index is 0.0735. The molecule has 2 N–H and O–H groups in total. The van der Waals surface area contributed by atoms with Crippen LogP contribution in [0.4, 0.5) is 4.79 Å². The second kappa shape index (κ2) is 5.29. The predicted molar refractivity (Wildman–Crippen MR) is 72.9 cm³/mol. The molecule has 0 atom stereocenters. The van der Waals surface area contributed by atoms with E-state index in [4.69, 9.17) is 4.74 Å². The Hall–Kier alpha value is -0.810. The standard InChI is InChI=1S/C14H27NO4/c1-12(2,3)19-11(17)15-8-6-14(18,7-9-15)13(4,5)10-16/h16,18H,6-10H2,1-5H3. The highest BCUT2D eigenvalue weighted by Gasteiger charge is 2.46. The number of ether oxygens (including phenoxy) is 1. The summed E-state index contributed by atoms with van der Waals surface area (Å²) in [5.41, 5.74) is -2.00. The Bertz CT molecular complexity index is 325. The molecule has 0 aromatic rings. The third-order valence-corrected chi connectivity index (χ3v) is 3.90. The summed E-state index contributed by atoms with van der Waals surface area (Å²) in [6.45, 7) is 10.0. The van der Waals surface area contributed by atoms with E-state index >= 15 is 0 Å². The summed E-state index contributed by atoms with van der Waals surface area (Å²) in [7, 11) is 0. The van der Waals surface area contributed by atoms with E-state index in [0.29, 0.717) is 25.9 Å². The van der Waals surface area contributed by atoms with Crippen LogP contribution in [0, 0.1) is 5.41 Å². The molecule has 1 saturated heterocycles. The molecule has 0 aliphatic carbocycles. The Morgan fingerprint density at radius 3 is 2.05 bits per heavy atom. The Kier molecular flexibility index (Phi) is 4.52. The first-order chi connectivity index (χ1) is 8.51. The average molecular weight is 273 g/mol. The number of hydrogen-bond donors (Lipinski definition) is 2. The summed E-state index contributed by atoms with van der Waals surface area (Å²) in [6, 6.07) is 0. The van der Waals surface area contributed by atoms with Crippen molar-refractivity contribution < 1.29 is 19.7 Å². The van der Waals surface area contributed by atoms with Crippen LogP contribution in [0.1, 0.15) is 47.5 Å². The third kappa shape index (κ3) is 3.83. The first kappa shape index (κ1) is 16.2. The molecule has 5 nitrogen and oxygen atoms in total. The van der Waals surface area contributed by atoms with E-state index in [-0.39, 0.29) is 12.7 Å². The van der Waals surface area contributed by atoms with Crippen LogP contribution in [0.3, 0.4) is 0 Å². The summed E-state index contributed by atoms with van der Waals surface area (Å²) in [4.78, 5) is 13.5. The normalized spacial score (nSPS) is 20.3. The first-order valence-electron chi connectivity index (χ1n) is 6.82. The maximum atomic E-state index is 11.9. The van der Waals surface area contributed by atoms with Gasteiger partial charge in [-0.25, -0.2) is 4.79 Å². The molecule has 0 spiro atoms. The molecule has 1 amide bonds. The molecule has 19 heavy (non-hydrogen) atoms. The number of nitrogens with zero attached hydrogens (tertiary/aromatic N) is 1. The lowest BCUT2D eigenvalue weighted by Gasteiger charge is -2.46. The van der Waals surface area contributed by atoms with Crippen molar-refractivity contribution in [2.75, 3.05) is 19.7 Å². The van der Waals surface area contributed by atoms with Crippen LogP contribution in [-0.2, 0) is 4.74 Å². The number of piperidine rings is 1. The van der Waals surface area contributed by atoms with Crippen LogP contribution in [0.15, 0.2) is 0 Å². The van der Waals surface area contributed by atoms with Gasteiger partial charge in [0.25, 0.3) is 0 Å². The van der Waals surface area contributed by atoms with Gasteiger partial charge in [0.2, 0.25) is 0 Å². The fraction of sp³-hybridized carbons (Fsp3) is 0.929. The van der Waals surface area contributed by atoms with Crippen LogP contribution >= 0.6 is 0 Å². The molecule has 0 radical (unpaired) electrons. The minimum atomic E-state index is -0.930. The maximum absolute atomic E-state index is 11.9. The summed E-state index contributed by atoms with van der Waals surface area (Å²) in [6.07, 6.45) is 0.580. The minimum Gasteiger partial charge on any atom is -0.444 e. The van der Waals surface area contributed by atoms with Gasteiger partial charge in [0.1, 0.15) is 5.60 Å². The molecule has 1 aliphatic heterocycles. The van der Waals surface area contributed by atoms with Crippen molar-refractivity contribution in [1.82, 2.24) is 4.90 Å². The largest absolute Gasteiger partial charge is 0.444 e. The number of aliphatic hydroxyl groups is 2. The number of likely N-dealkylation sites (tertiary alicyclic amines) is 1. The first-order valence-corrected chi connectivity index (χ1v) is 6.82. The second-order valence-corrected chi connectivity index (χ2v) is 7.04. The third-order valence-electron chi connectivity index (χ3n) is 3.90. The van der Waals surface area contributed by atoms with E-state index in [1.165, 1.54) is 0 Å². The zero-order valence-corrected chi connectivity index (χ0v) is 12.7. The fourth-order valence-electron chi connectivity index (χ4n) is 2.21. The highest BCUT2D eigenvalue weighted by molar-refractivity contribution is 5.68. The topological polar surface area (TPSA) is 70.0 Å². The second-order valence-electron chi connectivity index (χ2n) is 7.04. The summed E-state index contributed by atoms with van der Waals surface area (Å²) in [5, 5.41) is 20.0. The molecule has 0 bridgehead atoms. The molecule has 1 rings (SSSR count). The van der Waals surface area contributed by atoms with Crippen molar-refractivity contribution in [1.29, 1.82) is 0 Å². The molecular weight excluding hydrogens is 246 g/mol. The highest BCUT2D eigenvalue weighted by atomic mass is 16.6. The van der Waals surface area contributed by atoms with Crippen LogP contribution < -0.4 is 0 Å². The monoisotopic (exact) mass is 273 g/mol. The van der Waals surface area contributed by atoms with E-state index in [9.17, 15) is 15.0 Å². The van der Waals surface area contributed by atoms with Crippen molar-refractivity contribution in [2.24, 2.45) is 5.41 Å². The van der Waals surface area contributed by atoms with Crippen molar-refractivity contribution in [2.45, 2.75) is 58.7 Å². The molecule has 1 fully saturated rings. The van der Waals surface area contributed by atoms with E-state index in [1.807, 2.05) is 34.6 Å². The van der Waals surface area contributed by atoms with E-state index in [0.717, 1.165) is 0 Å².